The van der Waals surface area contributed by atoms with E-state index in [1.165, 1.54) is 39.7 Å². The molecule has 2 aromatic rings. The minimum atomic E-state index is -2.90. The number of amides is 1. The molecule has 7 nitrogen and oxygen atoms in total. The van der Waals surface area contributed by atoms with Gasteiger partial charge in [-0.1, -0.05) is 0 Å². The van der Waals surface area contributed by atoms with Gasteiger partial charge in [0.15, 0.2) is 11.5 Å². The van der Waals surface area contributed by atoms with E-state index in [0.29, 0.717) is 33.9 Å². The normalized spacial score (nSPS) is 10.9. The number of halogens is 2. The topological polar surface area (TPSA) is 78.4 Å². The number of hydrogen-bond donors (Lipinski definition) is 1. The van der Waals surface area contributed by atoms with Crippen LogP contribution in [-0.2, 0) is 0 Å². The average molecular weight is 408 g/mol. The standard InChI is InChI=1S/C20H22F2N2O5/c1-11-6-13(7-12(2)17(11)29-20(21)22)10-23-24-19(25)14-8-15(26-3)18(28-5)16(9-14)27-4/h6-10,20H,1-5H3,(H,24,25)/b23-10-. The molecular formula is C20H22F2N2O5. The smallest absolute Gasteiger partial charge is 0.387 e. The van der Waals surface area contributed by atoms with Crippen molar-refractivity contribution in [1.29, 1.82) is 0 Å². The van der Waals surface area contributed by atoms with Crippen molar-refractivity contribution < 1.29 is 32.5 Å². The number of hydrogen-bond acceptors (Lipinski definition) is 6. The highest BCUT2D eigenvalue weighted by Gasteiger charge is 2.17. The molecule has 0 saturated carbocycles. The average Bonchev–Trinajstić information content (AvgIpc) is 2.69. The third kappa shape index (κ3) is 5.34. The minimum absolute atomic E-state index is 0.124. The number of aryl methyl sites for hydroxylation is 2. The summed E-state index contributed by atoms with van der Waals surface area (Å²) < 4.78 is 45.1. The fourth-order valence-corrected chi connectivity index (χ4v) is 2.78. The Morgan fingerprint density at radius 2 is 1.52 bits per heavy atom. The molecule has 0 heterocycles. The molecule has 0 aliphatic rings. The fraction of sp³-hybridized carbons (Fsp3) is 0.300. The molecule has 0 bridgehead atoms. The van der Waals surface area contributed by atoms with Gasteiger partial charge in [0.05, 0.1) is 27.5 Å². The first-order valence-electron chi connectivity index (χ1n) is 8.50. The van der Waals surface area contributed by atoms with Crippen molar-refractivity contribution in [2.24, 2.45) is 5.10 Å². The highest BCUT2D eigenvalue weighted by Crippen LogP contribution is 2.38. The van der Waals surface area contributed by atoms with Gasteiger partial charge in [-0.15, -0.1) is 0 Å². The van der Waals surface area contributed by atoms with E-state index in [9.17, 15) is 13.6 Å². The summed E-state index contributed by atoms with van der Waals surface area (Å²) in [6, 6.07) is 6.24. The summed E-state index contributed by atoms with van der Waals surface area (Å²) in [6.07, 6.45) is 1.40. The predicted octanol–water partition coefficient (Wildman–Crippen LogP) is 3.69. The van der Waals surface area contributed by atoms with Crippen molar-refractivity contribution in [3.8, 4) is 23.0 Å². The van der Waals surface area contributed by atoms with E-state index < -0.39 is 12.5 Å². The second kappa shape index (κ2) is 9.72. The Morgan fingerprint density at radius 3 is 1.97 bits per heavy atom. The van der Waals surface area contributed by atoms with Crippen molar-refractivity contribution in [1.82, 2.24) is 5.43 Å². The van der Waals surface area contributed by atoms with Gasteiger partial charge >= 0.3 is 6.61 Å². The van der Waals surface area contributed by atoms with Crippen LogP contribution in [0.4, 0.5) is 8.78 Å². The Hall–Kier alpha value is -3.36. The van der Waals surface area contributed by atoms with Gasteiger partial charge in [0.1, 0.15) is 5.75 Å². The molecule has 29 heavy (non-hydrogen) atoms. The van der Waals surface area contributed by atoms with Gasteiger partial charge in [0.2, 0.25) is 5.75 Å². The van der Waals surface area contributed by atoms with E-state index in [4.69, 9.17) is 14.2 Å². The Kier molecular flexibility index (Phi) is 7.35. The minimum Gasteiger partial charge on any atom is -0.493 e. The van der Waals surface area contributed by atoms with Gasteiger partial charge in [-0.2, -0.15) is 13.9 Å². The van der Waals surface area contributed by atoms with Crippen LogP contribution in [-0.4, -0.2) is 40.1 Å². The van der Waals surface area contributed by atoms with Crippen LogP contribution in [0.3, 0.4) is 0 Å². The number of carbonyl (C=O) groups excluding carboxylic acids is 1. The van der Waals surface area contributed by atoms with Gasteiger partial charge in [-0.3, -0.25) is 4.79 Å². The molecule has 0 aliphatic heterocycles. The summed E-state index contributed by atoms with van der Waals surface area (Å²) in [5, 5.41) is 3.92. The van der Waals surface area contributed by atoms with Crippen LogP contribution in [0.2, 0.25) is 0 Å². The number of carbonyl (C=O) groups is 1. The largest absolute Gasteiger partial charge is 0.493 e. The Morgan fingerprint density at radius 1 is 0.966 bits per heavy atom. The molecule has 1 N–H and O–H groups in total. The lowest BCUT2D eigenvalue weighted by Crippen LogP contribution is -2.18. The molecule has 0 saturated heterocycles. The van der Waals surface area contributed by atoms with E-state index >= 15 is 0 Å². The monoisotopic (exact) mass is 408 g/mol. The van der Waals surface area contributed by atoms with E-state index in [-0.39, 0.29) is 11.3 Å². The molecule has 0 radical (unpaired) electrons. The molecule has 2 aromatic carbocycles. The first-order valence-corrected chi connectivity index (χ1v) is 8.50. The van der Waals surface area contributed by atoms with Crippen LogP contribution in [0.25, 0.3) is 0 Å². The summed E-state index contributed by atoms with van der Waals surface area (Å²) in [5.74, 6) is 0.668. The van der Waals surface area contributed by atoms with Crippen molar-refractivity contribution in [3.63, 3.8) is 0 Å². The van der Waals surface area contributed by atoms with Crippen LogP contribution in [0, 0.1) is 13.8 Å². The van der Waals surface area contributed by atoms with Crippen molar-refractivity contribution in [2.75, 3.05) is 21.3 Å². The van der Waals surface area contributed by atoms with Crippen LogP contribution >= 0.6 is 0 Å². The first-order chi connectivity index (χ1) is 13.8. The number of alkyl halides is 2. The molecule has 0 aromatic heterocycles. The third-order valence-electron chi connectivity index (χ3n) is 4.00. The maximum absolute atomic E-state index is 12.5. The molecule has 2 rings (SSSR count). The maximum Gasteiger partial charge on any atom is 0.387 e. The predicted molar refractivity (Wildman–Crippen MR) is 104 cm³/mol. The lowest BCUT2D eigenvalue weighted by atomic mass is 10.1. The second-order valence-electron chi connectivity index (χ2n) is 5.98. The lowest BCUT2D eigenvalue weighted by molar-refractivity contribution is -0.0507. The van der Waals surface area contributed by atoms with E-state index in [0.717, 1.165) is 0 Å². The summed E-state index contributed by atoms with van der Waals surface area (Å²) >= 11 is 0. The summed E-state index contributed by atoms with van der Waals surface area (Å²) in [6.45, 7) is 0.400. The number of methoxy groups -OCH3 is 3. The number of hydrazone groups is 1. The Balaban J connectivity index is 2.18. The molecule has 0 fully saturated rings. The SMILES string of the molecule is COc1cc(C(=O)N/N=C\c2cc(C)c(OC(F)F)c(C)c2)cc(OC)c1OC. The molecule has 0 atom stereocenters. The summed E-state index contributed by atoms with van der Waals surface area (Å²) in [7, 11) is 4.36. The fourth-order valence-electron chi connectivity index (χ4n) is 2.78. The van der Waals surface area contributed by atoms with Crippen LogP contribution in [0.15, 0.2) is 29.4 Å². The highest BCUT2D eigenvalue weighted by atomic mass is 19.3. The molecule has 9 heteroatoms. The maximum atomic E-state index is 12.5. The van der Waals surface area contributed by atoms with E-state index in [2.05, 4.69) is 15.3 Å². The second-order valence-corrected chi connectivity index (χ2v) is 5.98. The molecule has 0 aliphatic carbocycles. The van der Waals surface area contributed by atoms with Gasteiger partial charge in [0, 0.05) is 5.56 Å². The van der Waals surface area contributed by atoms with Crippen molar-refractivity contribution >= 4 is 12.1 Å². The van der Waals surface area contributed by atoms with Crippen LogP contribution in [0.1, 0.15) is 27.0 Å². The van der Waals surface area contributed by atoms with Crippen molar-refractivity contribution in [3.05, 3.63) is 46.5 Å². The zero-order valence-electron chi connectivity index (χ0n) is 16.7. The highest BCUT2D eigenvalue weighted by molar-refractivity contribution is 5.96. The Labute approximate surface area is 167 Å². The van der Waals surface area contributed by atoms with Crippen molar-refractivity contribution in [2.45, 2.75) is 20.5 Å². The number of nitrogens with zero attached hydrogens (tertiary/aromatic N) is 1. The van der Waals surface area contributed by atoms with Crippen LogP contribution in [0.5, 0.6) is 23.0 Å². The number of benzene rings is 2. The quantitative estimate of drug-likeness (QED) is 0.532. The molecule has 156 valence electrons. The zero-order valence-corrected chi connectivity index (χ0v) is 16.7. The van der Waals surface area contributed by atoms with E-state index in [1.54, 1.807) is 26.0 Å². The van der Waals surface area contributed by atoms with Crippen LogP contribution < -0.4 is 24.4 Å². The molecule has 0 unspecified atom stereocenters. The summed E-state index contributed by atoms with van der Waals surface area (Å²) in [5.41, 5.74) is 4.33. The first kappa shape index (κ1) is 21.9. The Bertz CT molecular complexity index is 868. The van der Waals surface area contributed by atoms with E-state index in [1.807, 2.05) is 0 Å². The third-order valence-corrected chi connectivity index (χ3v) is 4.00. The molecule has 0 spiro atoms. The number of ether oxygens (including phenoxy) is 4. The zero-order chi connectivity index (χ0) is 21.6. The lowest BCUT2D eigenvalue weighted by Gasteiger charge is -2.13. The van der Waals surface area contributed by atoms with Gasteiger partial charge in [0.25, 0.3) is 5.91 Å². The van der Waals surface area contributed by atoms with Gasteiger partial charge < -0.3 is 18.9 Å². The molecule has 1 amide bonds. The van der Waals surface area contributed by atoms with Gasteiger partial charge in [-0.05, 0) is 54.8 Å². The van der Waals surface area contributed by atoms with Gasteiger partial charge in [-0.25, -0.2) is 5.43 Å². The molecular weight excluding hydrogens is 386 g/mol. The summed E-state index contributed by atoms with van der Waals surface area (Å²) in [4.78, 5) is 12.4. The number of nitrogens with one attached hydrogen (secondary N) is 1. The number of rotatable bonds is 8.